The van der Waals surface area contributed by atoms with E-state index in [9.17, 15) is 23.2 Å². The monoisotopic (exact) mass is 285 g/mol. The highest BCUT2D eigenvalue weighted by Crippen LogP contribution is 2.09. The van der Waals surface area contributed by atoms with Gasteiger partial charge in [-0.2, -0.15) is 0 Å². The number of carbonyl (C=O) groups is 3. The van der Waals surface area contributed by atoms with Gasteiger partial charge < -0.3 is 15.2 Å². The zero-order chi connectivity index (χ0) is 15.3. The third-order valence-electron chi connectivity index (χ3n) is 2.57. The molecule has 1 amide bonds. The van der Waals surface area contributed by atoms with Crippen molar-refractivity contribution in [3.8, 4) is 0 Å². The van der Waals surface area contributed by atoms with E-state index in [-0.39, 0.29) is 24.2 Å². The number of Topliss-reactive ketones (excluding diaryl/α,β-unsaturated/α-hetero) is 1. The topological polar surface area (TPSA) is 83.5 Å². The Morgan fingerprint density at radius 1 is 1.25 bits per heavy atom. The molecular weight excluding hydrogens is 272 g/mol. The van der Waals surface area contributed by atoms with Crippen LogP contribution in [0.4, 0.5) is 8.78 Å². The number of carboxylic acids is 1. The zero-order valence-electron chi connectivity index (χ0n) is 10.7. The second kappa shape index (κ2) is 6.74. The lowest BCUT2D eigenvalue weighted by Crippen LogP contribution is -2.41. The van der Waals surface area contributed by atoms with Crippen molar-refractivity contribution in [3.63, 3.8) is 0 Å². The highest BCUT2D eigenvalue weighted by atomic mass is 19.2. The maximum absolute atomic E-state index is 13.0. The number of hydrogen-bond acceptors (Lipinski definition) is 3. The lowest BCUT2D eigenvalue weighted by atomic mass is 10.1. The van der Waals surface area contributed by atoms with Gasteiger partial charge in [0.2, 0.25) is 0 Å². The number of carbonyl (C=O) groups excluding carboxylic acids is 2. The van der Waals surface area contributed by atoms with Crippen molar-refractivity contribution < 1.29 is 28.3 Å². The second-order valence-electron chi connectivity index (χ2n) is 4.23. The van der Waals surface area contributed by atoms with Crippen molar-refractivity contribution in [2.45, 2.75) is 25.8 Å². The normalized spacial score (nSPS) is 11.8. The van der Waals surface area contributed by atoms with Gasteiger partial charge in [0, 0.05) is 12.0 Å². The van der Waals surface area contributed by atoms with E-state index in [0.29, 0.717) is 6.07 Å². The van der Waals surface area contributed by atoms with Crippen molar-refractivity contribution in [1.82, 2.24) is 5.32 Å². The van der Waals surface area contributed by atoms with Crippen molar-refractivity contribution in [2.24, 2.45) is 0 Å². The minimum absolute atomic E-state index is 0.00493. The number of hydrogen-bond donors (Lipinski definition) is 2. The van der Waals surface area contributed by atoms with Crippen LogP contribution in [0.3, 0.4) is 0 Å². The predicted octanol–water partition coefficient (Wildman–Crippen LogP) is 1.52. The van der Waals surface area contributed by atoms with E-state index in [4.69, 9.17) is 5.11 Å². The minimum atomic E-state index is -1.30. The number of amides is 1. The van der Waals surface area contributed by atoms with Crippen LogP contribution >= 0.6 is 0 Å². The van der Waals surface area contributed by atoms with Crippen LogP contribution in [0.1, 0.15) is 30.1 Å². The van der Waals surface area contributed by atoms with E-state index >= 15 is 0 Å². The molecule has 0 fully saturated rings. The first-order valence-corrected chi connectivity index (χ1v) is 5.79. The number of halogens is 2. The van der Waals surface area contributed by atoms with E-state index in [0.717, 1.165) is 12.1 Å². The summed E-state index contributed by atoms with van der Waals surface area (Å²) in [7, 11) is 0. The third kappa shape index (κ3) is 4.42. The molecule has 1 atom stereocenters. The number of benzene rings is 1. The summed E-state index contributed by atoms with van der Waals surface area (Å²) in [6.07, 6.45) is -0.0743. The second-order valence-corrected chi connectivity index (χ2v) is 4.23. The molecule has 0 aliphatic rings. The van der Waals surface area contributed by atoms with Gasteiger partial charge >= 0.3 is 5.97 Å². The first-order chi connectivity index (χ1) is 9.31. The maximum atomic E-state index is 13.0. The lowest BCUT2D eigenvalue weighted by Gasteiger charge is -2.13. The SMILES string of the molecule is CC(=O)CC[C@H](NC(=O)c1ccc(F)c(F)c1)C(=O)O. The van der Waals surface area contributed by atoms with Crippen LogP contribution in [0, 0.1) is 11.6 Å². The molecule has 1 aromatic carbocycles. The Bertz CT molecular complexity index is 545. The van der Waals surface area contributed by atoms with E-state index in [1.165, 1.54) is 6.92 Å². The van der Waals surface area contributed by atoms with Gasteiger partial charge in [-0.15, -0.1) is 0 Å². The van der Waals surface area contributed by atoms with Crippen molar-refractivity contribution in [1.29, 1.82) is 0 Å². The molecule has 108 valence electrons. The smallest absolute Gasteiger partial charge is 0.326 e. The quantitative estimate of drug-likeness (QED) is 0.830. The molecule has 20 heavy (non-hydrogen) atoms. The van der Waals surface area contributed by atoms with Crippen molar-refractivity contribution in [3.05, 3.63) is 35.4 Å². The molecule has 0 bridgehead atoms. The summed E-state index contributed by atoms with van der Waals surface area (Å²) in [5.41, 5.74) is -0.196. The molecule has 0 saturated heterocycles. The van der Waals surface area contributed by atoms with Crippen LogP contribution in [-0.2, 0) is 9.59 Å². The van der Waals surface area contributed by atoms with Gasteiger partial charge in [-0.3, -0.25) is 4.79 Å². The number of nitrogens with one attached hydrogen (secondary N) is 1. The Morgan fingerprint density at radius 2 is 1.90 bits per heavy atom. The number of rotatable bonds is 6. The molecule has 0 aliphatic carbocycles. The molecule has 0 saturated carbocycles. The van der Waals surface area contributed by atoms with E-state index in [2.05, 4.69) is 5.32 Å². The molecule has 2 N–H and O–H groups in total. The molecule has 0 aliphatic heterocycles. The summed E-state index contributed by atoms with van der Waals surface area (Å²) in [5.74, 6) is -4.67. The predicted molar refractivity (Wildman–Crippen MR) is 65.2 cm³/mol. The lowest BCUT2D eigenvalue weighted by molar-refractivity contribution is -0.139. The Kier molecular flexibility index (Phi) is 5.31. The van der Waals surface area contributed by atoms with Gasteiger partial charge in [-0.05, 0) is 31.5 Å². The fraction of sp³-hybridized carbons (Fsp3) is 0.308. The number of carboxylic acid groups (broad SMARTS) is 1. The molecule has 0 heterocycles. The van der Waals surface area contributed by atoms with Gasteiger partial charge in [0.15, 0.2) is 11.6 Å². The van der Waals surface area contributed by atoms with E-state index in [1.54, 1.807) is 0 Å². The van der Waals surface area contributed by atoms with Crippen LogP contribution in [0.25, 0.3) is 0 Å². The Labute approximate surface area is 113 Å². The molecule has 7 heteroatoms. The Hall–Kier alpha value is -2.31. The summed E-state index contributed by atoms with van der Waals surface area (Å²) in [5, 5.41) is 11.1. The molecule has 1 aromatic rings. The first kappa shape index (κ1) is 15.7. The standard InChI is InChI=1S/C13H13F2NO4/c1-7(17)2-5-11(13(19)20)16-12(18)8-3-4-9(14)10(15)6-8/h3-4,6,11H,2,5H2,1H3,(H,16,18)(H,19,20)/t11-/m0/s1. The molecule has 5 nitrogen and oxygen atoms in total. The molecule has 0 aromatic heterocycles. The van der Waals surface area contributed by atoms with Gasteiger partial charge in [0.25, 0.3) is 5.91 Å². The van der Waals surface area contributed by atoms with Crippen LogP contribution in [0.15, 0.2) is 18.2 Å². The third-order valence-corrected chi connectivity index (χ3v) is 2.57. The van der Waals surface area contributed by atoms with Crippen molar-refractivity contribution in [2.75, 3.05) is 0 Å². The van der Waals surface area contributed by atoms with Crippen molar-refractivity contribution >= 4 is 17.7 Å². The zero-order valence-corrected chi connectivity index (χ0v) is 10.7. The van der Waals surface area contributed by atoms with Gasteiger partial charge in [0.1, 0.15) is 11.8 Å². The van der Waals surface area contributed by atoms with E-state index in [1.807, 2.05) is 0 Å². The summed E-state index contributed by atoms with van der Waals surface area (Å²) in [6.45, 7) is 1.30. The fourth-order valence-corrected chi connectivity index (χ4v) is 1.48. The van der Waals surface area contributed by atoms with Crippen LogP contribution in [-0.4, -0.2) is 28.8 Å². The Morgan fingerprint density at radius 3 is 2.40 bits per heavy atom. The molecule has 0 spiro atoms. The number of aliphatic carboxylic acids is 1. The summed E-state index contributed by atoms with van der Waals surface area (Å²) in [6, 6.07) is 1.22. The summed E-state index contributed by atoms with van der Waals surface area (Å²) < 4.78 is 25.7. The summed E-state index contributed by atoms with van der Waals surface area (Å²) in [4.78, 5) is 33.5. The number of ketones is 1. The van der Waals surface area contributed by atoms with Gasteiger partial charge in [-0.1, -0.05) is 0 Å². The summed E-state index contributed by atoms with van der Waals surface area (Å²) >= 11 is 0. The van der Waals surface area contributed by atoms with Crippen LogP contribution in [0.5, 0.6) is 0 Å². The maximum Gasteiger partial charge on any atom is 0.326 e. The highest BCUT2D eigenvalue weighted by Gasteiger charge is 2.21. The average Bonchev–Trinajstić information content (AvgIpc) is 2.36. The largest absolute Gasteiger partial charge is 0.480 e. The molecular formula is C13H13F2NO4. The van der Waals surface area contributed by atoms with Gasteiger partial charge in [-0.25, -0.2) is 13.6 Å². The highest BCUT2D eigenvalue weighted by molar-refractivity contribution is 5.96. The average molecular weight is 285 g/mol. The van der Waals surface area contributed by atoms with Crippen LogP contribution < -0.4 is 5.32 Å². The van der Waals surface area contributed by atoms with Crippen LogP contribution in [0.2, 0.25) is 0 Å². The molecule has 0 unspecified atom stereocenters. The Balaban J connectivity index is 2.77. The van der Waals surface area contributed by atoms with E-state index < -0.39 is 29.6 Å². The molecule has 0 radical (unpaired) electrons. The molecule has 1 rings (SSSR count). The first-order valence-electron chi connectivity index (χ1n) is 5.79. The minimum Gasteiger partial charge on any atom is -0.480 e. The fourth-order valence-electron chi connectivity index (χ4n) is 1.48. The van der Waals surface area contributed by atoms with Gasteiger partial charge in [0.05, 0.1) is 0 Å².